The lowest BCUT2D eigenvalue weighted by Gasteiger charge is -2.07. The lowest BCUT2D eigenvalue weighted by Crippen LogP contribution is -2.23. The lowest BCUT2D eigenvalue weighted by atomic mass is 10.1. The van der Waals surface area contributed by atoms with E-state index in [1.165, 1.54) is 16.8 Å². The van der Waals surface area contributed by atoms with Gasteiger partial charge in [-0.15, -0.1) is 0 Å². The third kappa shape index (κ3) is 4.11. The summed E-state index contributed by atoms with van der Waals surface area (Å²) in [6.45, 7) is 1.71. The molecule has 2 aromatic carbocycles. The molecule has 6 nitrogen and oxygen atoms in total. The Hall–Kier alpha value is -3.27. The van der Waals surface area contributed by atoms with Gasteiger partial charge in [-0.3, -0.25) is 14.3 Å². The van der Waals surface area contributed by atoms with Crippen molar-refractivity contribution in [3.63, 3.8) is 0 Å². The van der Waals surface area contributed by atoms with Crippen LogP contribution >= 0.6 is 23.2 Å². The van der Waals surface area contributed by atoms with Crippen molar-refractivity contribution in [3.8, 4) is 11.8 Å². The second-order valence-electron chi connectivity index (χ2n) is 6.23. The minimum atomic E-state index is -0.704. The van der Waals surface area contributed by atoms with Crippen LogP contribution in [-0.4, -0.2) is 15.3 Å². The summed E-state index contributed by atoms with van der Waals surface area (Å²) in [5.74, 6) is -0.704. The maximum atomic E-state index is 12.9. The maximum Gasteiger partial charge on any atom is 0.295 e. The monoisotopic (exact) mass is 426 g/mol. The van der Waals surface area contributed by atoms with Crippen LogP contribution in [0.1, 0.15) is 11.3 Å². The molecule has 0 saturated heterocycles. The van der Waals surface area contributed by atoms with Crippen LogP contribution in [0.4, 0.5) is 5.69 Å². The normalized spacial score (nSPS) is 11.2. The molecule has 0 aliphatic carbocycles. The number of benzene rings is 2. The average Bonchev–Trinajstić information content (AvgIpc) is 2.91. The fourth-order valence-electron chi connectivity index (χ4n) is 2.82. The van der Waals surface area contributed by atoms with Crippen molar-refractivity contribution in [1.82, 2.24) is 9.36 Å². The molecule has 1 amide bonds. The van der Waals surface area contributed by atoms with Crippen LogP contribution in [0.5, 0.6) is 0 Å². The van der Waals surface area contributed by atoms with Crippen molar-refractivity contribution in [2.45, 2.75) is 6.92 Å². The van der Waals surface area contributed by atoms with Gasteiger partial charge in [-0.2, -0.15) is 5.26 Å². The Morgan fingerprint density at radius 3 is 2.48 bits per heavy atom. The second-order valence-corrected chi connectivity index (χ2v) is 7.07. The number of nitrogens with one attached hydrogen (secondary N) is 1. The SMILES string of the molecule is Cc1c(NC(=O)/C(C#N)=C/c2ccc(Cl)cc2Cl)c(=O)n(-c2ccccc2)n1C. The van der Waals surface area contributed by atoms with E-state index in [9.17, 15) is 14.9 Å². The number of carbonyl (C=O) groups excluding carboxylic acids is 1. The van der Waals surface area contributed by atoms with Gasteiger partial charge in [0.1, 0.15) is 17.3 Å². The van der Waals surface area contributed by atoms with Gasteiger partial charge in [-0.1, -0.05) is 47.5 Å². The van der Waals surface area contributed by atoms with E-state index in [1.54, 1.807) is 42.9 Å². The molecule has 3 rings (SSSR count). The molecule has 0 radical (unpaired) electrons. The van der Waals surface area contributed by atoms with Crippen molar-refractivity contribution >= 4 is 40.9 Å². The van der Waals surface area contributed by atoms with Gasteiger partial charge in [-0.25, -0.2) is 4.68 Å². The van der Waals surface area contributed by atoms with Gasteiger partial charge in [-0.05, 0) is 42.8 Å². The van der Waals surface area contributed by atoms with Crippen molar-refractivity contribution in [2.24, 2.45) is 7.05 Å². The van der Waals surface area contributed by atoms with E-state index in [4.69, 9.17) is 23.2 Å². The first kappa shape index (κ1) is 20.5. The minimum Gasteiger partial charge on any atom is -0.315 e. The highest BCUT2D eigenvalue weighted by Gasteiger charge is 2.20. The van der Waals surface area contributed by atoms with Gasteiger partial charge in [0.2, 0.25) is 0 Å². The minimum absolute atomic E-state index is 0.102. The molecule has 0 atom stereocenters. The Morgan fingerprint density at radius 1 is 1.17 bits per heavy atom. The Bertz CT molecular complexity index is 1220. The predicted molar refractivity (Wildman–Crippen MR) is 114 cm³/mol. The van der Waals surface area contributed by atoms with Gasteiger partial charge in [0, 0.05) is 17.1 Å². The number of rotatable bonds is 4. The number of hydrogen-bond donors (Lipinski definition) is 1. The van der Waals surface area contributed by atoms with Crippen LogP contribution in [-0.2, 0) is 11.8 Å². The Balaban J connectivity index is 1.97. The Morgan fingerprint density at radius 2 is 1.86 bits per heavy atom. The number of nitrogens with zero attached hydrogens (tertiary/aromatic N) is 3. The molecule has 0 fully saturated rings. The van der Waals surface area contributed by atoms with Crippen LogP contribution in [0.15, 0.2) is 58.9 Å². The summed E-state index contributed by atoms with van der Waals surface area (Å²) in [4.78, 5) is 25.6. The molecule has 0 bridgehead atoms. The zero-order chi connectivity index (χ0) is 21.1. The molecule has 1 aromatic heterocycles. The quantitative estimate of drug-likeness (QED) is 0.497. The number of anilines is 1. The third-order valence-corrected chi connectivity index (χ3v) is 4.98. The van der Waals surface area contributed by atoms with Crippen LogP contribution in [0.2, 0.25) is 10.0 Å². The Labute approximate surface area is 177 Å². The summed E-state index contributed by atoms with van der Waals surface area (Å²) in [6.07, 6.45) is 1.35. The number of para-hydroxylation sites is 1. The number of nitriles is 1. The van der Waals surface area contributed by atoms with E-state index in [-0.39, 0.29) is 11.3 Å². The van der Waals surface area contributed by atoms with E-state index < -0.39 is 11.5 Å². The summed E-state index contributed by atoms with van der Waals surface area (Å²) < 4.78 is 3.08. The molecule has 8 heteroatoms. The Kier molecular flexibility index (Phi) is 5.92. The number of hydrogen-bond acceptors (Lipinski definition) is 3. The maximum absolute atomic E-state index is 12.9. The fraction of sp³-hybridized carbons (Fsp3) is 0.0952. The van der Waals surface area contributed by atoms with Crippen molar-refractivity contribution in [2.75, 3.05) is 5.32 Å². The summed E-state index contributed by atoms with van der Waals surface area (Å²) in [7, 11) is 1.72. The highest BCUT2D eigenvalue weighted by molar-refractivity contribution is 6.35. The smallest absolute Gasteiger partial charge is 0.295 e. The van der Waals surface area contributed by atoms with Crippen molar-refractivity contribution in [3.05, 3.63) is 85.8 Å². The van der Waals surface area contributed by atoms with Crippen LogP contribution in [0.25, 0.3) is 11.8 Å². The van der Waals surface area contributed by atoms with Gasteiger partial charge in [0.25, 0.3) is 11.5 Å². The zero-order valence-corrected chi connectivity index (χ0v) is 17.1. The fourth-order valence-corrected chi connectivity index (χ4v) is 3.28. The topological polar surface area (TPSA) is 79.8 Å². The number of amides is 1. The molecule has 3 aromatic rings. The zero-order valence-electron chi connectivity index (χ0n) is 15.6. The molecule has 1 heterocycles. The van der Waals surface area contributed by atoms with E-state index in [2.05, 4.69) is 5.32 Å². The summed E-state index contributed by atoms with van der Waals surface area (Å²) >= 11 is 12.0. The van der Waals surface area contributed by atoms with Crippen molar-refractivity contribution in [1.29, 1.82) is 5.26 Å². The van der Waals surface area contributed by atoms with Gasteiger partial charge in [0.05, 0.1) is 11.4 Å². The molecule has 0 aliphatic heterocycles. The highest BCUT2D eigenvalue weighted by Crippen LogP contribution is 2.23. The molecule has 1 N–H and O–H groups in total. The predicted octanol–water partition coefficient (Wildman–Crippen LogP) is 4.34. The largest absolute Gasteiger partial charge is 0.315 e. The lowest BCUT2D eigenvalue weighted by molar-refractivity contribution is -0.112. The summed E-state index contributed by atoms with van der Waals surface area (Å²) in [5, 5.41) is 12.7. The van der Waals surface area contributed by atoms with Crippen LogP contribution in [0.3, 0.4) is 0 Å². The molecular formula is C21H16Cl2N4O2. The van der Waals surface area contributed by atoms with Crippen LogP contribution < -0.4 is 10.9 Å². The number of aromatic nitrogens is 2. The third-order valence-electron chi connectivity index (χ3n) is 4.42. The first-order valence-electron chi connectivity index (χ1n) is 8.55. The highest BCUT2D eigenvalue weighted by atomic mass is 35.5. The molecule has 0 aliphatic rings. The number of carbonyl (C=O) groups is 1. The first-order chi connectivity index (χ1) is 13.8. The molecule has 29 heavy (non-hydrogen) atoms. The van der Waals surface area contributed by atoms with E-state index in [0.29, 0.717) is 27.0 Å². The van der Waals surface area contributed by atoms with Crippen molar-refractivity contribution < 1.29 is 4.79 Å². The second kappa shape index (κ2) is 8.39. The van der Waals surface area contributed by atoms with E-state index >= 15 is 0 Å². The standard InChI is InChI=1S/C21H16Cl2N4O2/c1-13-19(21(29)27(26(13)2)17-6-4-3-5-7-17)25-20(28)15(12-24)10-14-8-9-16(22)11-18(14)23/h3-11H,1-2H3,(H,25,28)/b15-10+. The van der Waals surface area contributed by atoms with Crippen LogP contribution in [0, 0.1) is 18.3 Å². The molecule has 146 valence electrons. The molecule has 0 saturated carbocycles. The van der Waals surface area contributed by atoms with E-state index in [1.807, 2.05) is 24.3 Å². The first-order valence-corrected chi connectivity index (χ1v) is 9.31. The molecular weight excluding hydrogens is 411 g/mol. The summed E-state index contributed by atoms with van der Waals surface area (Å²) in [5.41, 5.74) is 1.19. The van der Waals surface area contributed by atoms with Gasteiger partial charge >= 0.3 is 0 Å². The van der Waals surface area contributed by atoms with Gasteiger partial charge in [0.15, 0.2) is 0 Å². The average molecular weight is 427 g/mol. The molecule has 0 spiro atoms. The van der Waals surface area contributed by atoms with Gasteiger partial charge < -0.3 is 5.32 Å². The molecule has 0 unspecified atom stereocenters. The number of halogens is 2. The summed E-state index contributed by atoms with van der Waals surface area (Å²) in [6, 6.07) is 15.6. The van der Waals surface area contributed by atoms with E-state index in [0.717, 1.165) is 0 Å².